The molecule has 4 rings (SSSR count). The van der Waals surface area contributed by atoms with Crippen LogP contribution in [0.5, 0.6) is 17.2 Å². The molecule has 0 aliphatic carbocycles. The second-order valence-electron chi connectivity index (χ2n) is 10.1. The van der Waals surface area contributed by atoms with Crippen molar-refractivity contribution in [3.8, 4) is 17.2 Å². The van der Waals surface area contributed by atoms with Gasteiger partial charge in [0, 0.05) is 38.8 Å². The van der Waals surface area contributed by atoms with Gasteiger partial charge in [-0.3, -0.25) is 9.69 Å². The number of amides is 1. The Morgan fingerprint density at radius 2 is 1.46 bits per heavy atom. The first-order valence-corrected chi connectivity index (χ1v) is 14.2. The number of phenolic OH excluding ortho intramolecular Hbond substituents is 1. The lowest BCUT2D eigenvalue weighted by atomic mass is 9.96. The maximum absolute atomic E-state index is 12.2. The average molecular weight is 556 g/mol. The van der Waals surface area contributed by atoms with Crippen molar-refractivity contribution in [2.45, 2.75) is 18.9 Å². The largest absolute Gasteiger partial charge is 0.502 e. The van der Waals surface area contributed by atoms with E-state index in [4.69, 9.17) is 9.47 Å². The molecule has 41 heavy (non-hydrogen) atoms. The van der Waals surface area contributed by atoms with Crippen LogP contribution in [0.4, 0.5) is 0 Å². The second kappa shape index (κ2) is 15.6. The summed E-state index contributed by atoms with van der Waals surface area (Å²) >= 11 is 0. The van der Waals surface area contributed by atoms with Gasteiger partial charge in [-0.15, -0.1) is 0 Å². The molecule has 1 amide bonds. The Morgan fingerprint density at radius 1 is 0.878 bits per heavy atom. The molecule has 0 bridgehead atoms. The van der Waals surface area contributed by atoms with Crippen LogP contribution >= 0.6 is 0 Å². The van der Waals surface area contributed by atoms with Crippen LogP contribution in [0.15, 0.2) is 91.0 Å². The minimum atomic E-state index is -0.114. The molecule has 1 aliphatic rings. The van der Waals surface area contributed by atoms with Crippen LogP contribution in [0.25, 0.3) is 6.08 Å². The van der Waals surface area contributed by atoms with Crippen LogP contribution in [0, 0.1) is 0 Å². The van der Waals surface area contributed by atoms with E-state index in [1.165, 1.54) is 31.4 Å². The van der Waals surface area contributed by atoms with Gasteiger partial charge < -0.3 is 24.8 Å². The van der Waals surface area contributed by atoms with Gasteiger partial charge in [0.1, 0.15) is 0 Å². The highest BCUT2D eigenvalue weighted by Crippen LogP contribution is 2.37. The summed E-state index contributed by atoms with van der Waals surface area (Å²) in [5.41, 5.74) is 3.47. The summed E-state index contributed by atoms with van der Waals surface area (Å²) in [5, 5.41) is 13.0. The standard InChI is InChI=1S/C34H41N3O4/c1-40-30-25-27(26-31(41-2)34(30)39)13-9-10-18-32(38)35-19-11-12-20-36-21-23-37(24-22-36)33(28-14-5-3-6-15-28)29-16-7-4-8-17-29/h3-10,13-18,25-26,33,39H,11-12,19-24H2,1-2H3,(H,35,38). The molecule has 0 aromatic heterocycles. The number of phenols is 1. The molecule has 1 fully saturated rings. The number of nitrogens with zero attached hydrogens (tertiary/aromatic N) is 2. The smallest absolute Gasteiger partial charge is 0.243 e. The van der Waals surface area contributed by atoms with E-state index in [0.717, 1.165) is 51.1 Å². The number of unbranched alkanes of at least 4 members (excludes halogenated alkanes) is 1. The lowest BCUT2D eigenvalue weighted by molar-refractivity contribution is -0.116. The number of hydrogen-bond donors (Lipinski definition) is 2. The highest BCUT2D eigenvalue weighted by molar-refractivity contribution is 5.87. The van der Waals surface area contributed by atoms with Crippen molar-refractivity contribution in [3.05, 3.63) is 108 Å². The first-order valence-electron chi connectivity index (χ1n) is 14.2. The molecule has 216 valence electrons. The Hall–Kier alpha value is -4.07. The number of ether oxygens (including phenoxy) is 2. The Balaban J connectivity index is 1.15. The van der Waals surface area contributed by atoms with Crippen molar-refractivity contribution in [3.63, 3.8) is 0 Å². The maximum atomic E-state index is 12.2. The third kappa shape index (κ3) is 8.71. The van der Waals surface area contributed by atoms with Crippen molar-refractivity contribution in [2.75, 3.05) is 53.5 Å². The molecule has 1 heterocycles. The van der Waals surface area contributed by atoms with E-state index in [-0.39, 0.29) is 17.7 Å². The second-order valence-corrected chi connectivity index (χ2v) is 10.1. The lowest BCUT2D eigenvalue weighted by Gasteiger charge is -2.39. The molecule has 7 nitrogen and oxygen atoms in total. The monoisotopic (exact) mass is 555 g/mol. The van der Waals surface area contributed by atoms with Crippen molar-refractivity contribution in [2.24, 2.45) is 0 Å². The van der Waals surface area contributed by atoms with Gasteiger partial charge in [0.2, 0.25) is 11.7 Å². The SMILES string of the molecule is COc1cc(C=CC=CC(=O)NCCCCN2CCN(C(c3ccccc3)c3ccccc3)CC2)cc(OC)c1O. The Labute approximate surface area is 243 Å². The molecule has 0 radical (unpaired) electrons. The van der Waals surface area contributed by atoms with Gasteiger partial charge in [-0.05, 0) is 48.2 Å². The highest BCUT2D eigenvalue weighted by Gasteiger charge is 2.26. The van der Waals surface area contributed by atoms with Gasteiger partial charge in [0.15, 0.2) is 11.5 Å². The predicted octanol–water partition coefficient (Wildman–Crippen LogP) is 5.28. The number of carbonyl (C=O) groups is 1. The average Bonchev–Trinajstić information content (AvgIpc) is 3.01. The molecule has 0 saturated carbocycles. The lowest BCUT2D eigenvalue weighted by Crippen LogP contribution is -2.48. The number of piperazine rings is 1. The van der Waals surface area contributed by atoms with Gasteiger partial charge in [-0.2, -0.15) is 0 Å². The number of rotatable bonds is 13. The molecule has 3 aromatic rings. The third-order valence-corrected chi connectivity index (χ3v) is 7.35. The van der Waals surface area contributed by atoms with E-state index in [9.17, 15) is 9.90 Å². The summed E-state index contributed by atoms with van der Waals surface area (Å²) in [7, 11) is 2.97. The number of nitrogens with one attached hydrogen (secondary N) is 1. The van der Waals surface area contributed by atoms with Gasteiger partial charge in [0.25, 0.3) is 0 Å². The van der Waals surface area contributed by atoms with Crippen LogP contribution in [-0.4, -0.2) is 74.3 Å². The summed E-state index contributed by atoms with van der Waals surface area (Å²) in [6, 6.07) is 25.3. The number of allylic oxidation sites excluding steroid dienone is 2. The van der Waals surface area contributed by atoms with Gasteiger partial charge in [0.05, 0.1) is 20.3 Å². The van der Waals surface area contributed by atoms with Crippen LogP contribution in [0.2, 0.25) is 0 Å². The predicted molar refractivity (Wildman–Crippen MR) is 164 cm³/mol. The molecular formula is C34H41N3O4. The van der Waals surface area contributed by atoms with Crippen molar-refractivity contribution in [1.82, 2.24) is 15.1 Å². The van der Waals surface area contributed by atoms with E-state index < -0.39 is 0 Å². The summed E-state index contributed by atoms with van der Waals surface area (Å²) in [5.74, 6) is 0.508. The van der Waals surface area contributed by atoms with E-state index in [1.807, 2.05) is 6.08 Å². The minimum absolute atomic E-state index is 0.0379. The number of methoxy groups -OCH3 is 2. The van der Waals surface area contributed by atoms with Crippen LogP contribution in [-0.2, 0) is 4.79 Å². The first kappa shape index (κ1) is 29.9. The molecule has 1 saturated heterocycles. The zero-order valence-electron chi connectivity index (χ0n) is 24.0. The fourth-order valence-electron chi connectivity index (χ4n) is 5.18. The van der Waals surface area contributed by atoms with E-state index in [0.29, 0.717) is 18.0 Å². The highest BCUT2D eigenvalue weighted by atomic mass is 16.5. The molecule has 0 spiro atoms. The fourth-order valence-corrected chi connectivity index (χ4v) is 5.18. The summed E-state index contributed by atoms with van der Waals surface area (Å²) in [6.07, 6.45) is 8.79. The molecule has 0 atom stereocenters. The van der Waals surface area contributed by atoms with Crippen LogP contribution < -0.4 is 14.8 Å². The zero-order chi connectivity index (χ0) is 28.9. The Morgan fingerprint density at radius 3 is 2.02 bits per heavy atom. The summed E-state index contributed by atoms with van der Waals surface area (Å²) in [4.78, 5) is 17.3. The van der Waals surface area contributed by atoms with Crippen molar-refractivity contribution >= 4 is 12.0 Å². The van der Waals surface area contributed by atoms with E-state index >= 15 is 0 Å². The maximum Gasteiger partial charge on any atom is 0.243 e. The molecular weight excluding hydrogens is 514 g/mol. The molecule has 1 aliphatic heterocycles. The van der Waals surface area contributed by atoms with Crippen molar-refractivity contribution < 1.29 is 19.4 Å². The van der Waals surface area contributed by atoms with E-state index in [2.05, 4.69) is 75.8 Å². The van der Waals surface area contributed by atoms with Crippen molar-refractivity contribution in [1.29, 1.82) is 0 Å². The normalized spacial score (nSPS) is 14.6. The number of aromatic hydroxyl groups is 1. The number of benzene rings is 3. The summed E-state index contributed by atoms with van der Waals surface area (Å²) in [6.45, 7) is 5.87. The van der Waals surface area contributed by atoms with Crippen LogP contribution in [0.1, 0.15) is 35.6 Å². The third-order valence-electron chi connectivity index (χ3n) is 7.35. The van der Waals surface area contributed by atoms with Gasteiger partial charge in [-0.25, -0.2) is 0 Å². The molecule has 7 heteroatoms. The Bertz CT molecular complexity index is 1220. The van der Waals surface area contributed by atoms with Gasteiger partial charge >= 0.3 is 0 Å². The quantitative estimate of drug-likeness (QED) is 0.170. The number of hydrogen-bond acceptors (Lipinski definition) is 6. The van der Waals surface area contributed by atoms with Gasteiger partial charge in [-0.1, -0.05) is 78.9 Å². The summed E-state index contributed by atoms with van der Waals surface area (Å²) < 4.78 is 10.3. The molecule has 0 unspecified atom stereocenters. The Kier molecular flexibility index (Phi) is 11.4. The molecule has 3 aromatic carbocycles. The zero-order valence-corrected chi connectivity index (χ0v) is 24.0. The fraction of sp³-hybridized carbons (Fsp3) is 0.324. The van der Waals surface area contributed by atoms with E-state index in [1.54, 1.807) is 24.3 Å². The molecule has 2 N–H and O–H groups in total. The minimum Gasteiger partial charge on any atom is -0.502 e. The number of carbonyl (C=O) groups excluding carboxylic acids is 1. The van der Waals surface area contributed by atoms with Crippen LogP contribution in [0.3, 0.4) is 0 Å². The first-order chi connectivity index (χ1) is 20.1. The topological polar surface area (TPSA) is 74.3 Å².